The third kappa shape index (κ3) is 7.57. The van der Waals surface area contributed by atoms with Crippen LogP contribution in [-0.2, 0) is 0 Å². The van der Waals surface area contributed by atoms with Crippen LogP contribution >= 0.6 is 0 Å². The first kappa shape index (κ1) is 12.2. The third-order valence-electron chi connectivity index (χ3n) is 1.77. The fourth-order valence-electron chi connectivity index (χ4n) is 1.01. The van der Waals surface area contributed by atoms with Crippen LogP contribution in [-0.4, -0.2) is 5.71 Å². The predicted molar refractivity (Wildman–Crippen MR) is 59.8 cm³/mol. The second-order valence-electron chi connectivity index (χ2n) is 3.38. The largest absolute Gasteiger partial charge is 0.283 e. The minimum atomic E-state index is 1.08. The molecular weight excluding hydrogens is 160 g/mol. The lowest BCUT2D eigenvalue weighted by molar-refractivity contribution is 0.842. The second-order valence-corrected chi connectivity index (χ2v) is 3.38. The molecule has 0 saturated heterocycles. The maximum atomic E-state index is 4.27. The lowest BCUT2D eigenvalue weighted by atomic mass is 10.2. The fraction of sp³-hybridized carbons (Fsp3) is 0.727. The van der Waals surface area contributed by atoms with Gasteiger partial charge >= 0.3 is 0 Å². The number of nitrogens with zero attached hydrogens (tertiary/aromatic N) is 1. The highest BCUT2D eigenvalue weighted by Gasteiger charge is 1.88. The Balaban J connectivity index is 3.78. The Hall–Kier alpha value is -0.790. The summed E-state index contributed by atoms with van der Waals surface area (Å²) in [7, 11) is 0. The smallest absolute Gasteiger partial charge is 0.0351 e. The average molecular weight is 182 g/mol. The van der Waals surface area contributed by atoms with Crippen LogP contribution in [0.4, 0.5) is 0 Å². The van der Waals surface area contributed by atoms with Crippen molar-refractivity contribution in [3.63, 3.8) is 0 Å². The Morgan fingerprint density at radius 1 is 1.23 bits per heavy atom. The number of allylic oxidation sites excluding steroid dienone is 2. The molecule has 0 fully saturated rings. The van der Waals surface area contributed by atoms with Crippen LogP contribution < -0.4 is 5.43 Å². The van der Waals surface area contributed by atoms with E-state index in [0.29, 0.717) is 0 Å². The molecule has 0 radical (unpaired) electrons. The van der Waals surface area contributed by atoms with Crippen LogP contribution in [0.25, 0.3) is 0 Å². The summed E-state index contributed by atoms with van der Waals surface area (Å²) in [6.07, 6.45) is 6.74. The summed E-state index contributed by atoms with van der Waals surface area (Å²) in [6.45, 7) is 8.45. The van der Waals surface area contributed by atoms with Crippen molar-refractivity contribution in [1.82, 2.24) is 5.43 Å². The zero-order valence-corrected chi connectivity index (χ0v) is 9.35. The summed E-state index contributed by atoms with van der Waals surface area (Å²) in [5, 5.41) is 4.27. The molecule has 0 heterocycles. The fourth-order valence-corrected chi connectivity index (χ4v) is 1.01. The van der Waals surface area contributed by atoms with Crippen molar-refractivity contribution in [2.24, 2.45) is 5.10 Å². The molecule has 0 rings (SSSR count). The number of hydrazone groups is 1. The monoisotopic (exact) mass is 182 g/mol. The zero-order valence-electron chi connectivity index (χ0n) is 9.35. The van der Waals surface area contributed by atoms with E-state index in [4.69, 9.17) is 0 Å². The van der Waals surface area contributed by atoms with Gasteiger partial charge in [0.25, 0.3) is 0 Å². The molecule has 0 saturated carbocycles. The summed E-state index contributed by atoms with van der Waals surface area (Å²) in [5.74, 6) is 0. The molecule has 0 unspecified atom stereocenters. The minimum Gasteiger partial charge on any atom is -0.283 e. The molecule has 0 aromatic rings. The molecule has 0 amide bonds. The molecular formula is C11H22N2. The van der Waals surface area contributed by atoms with Gasteiger partial charge in [-0.1, -0.05) is 32.8 Å². The van der Waals surface area contributed by atoms with Crippen LogP contribution in [0.2, 0.25) is 0 Å². The first-order valence-corrected chi connectivity index (χ1v) is 5.16. The molecule has 2 heteroatoms. The SMILES string of the molecule is CCC/C=C(/C)N/N=C(\C)CCC. The van der Waals surface area contributed by atoms with Gasteiger partial charge in [0.15, 0.2) is 0 Å². The quantitative estimate of drug-likeness (QED) is 0.494. The topological polar surface area (TPSA) is 24.4 Å². The summed E-state index contributed by atoms with van der Waals surface area (Å²) < 4.78 is 0. The molecule has 0 bridgehead atoms. The molecule has 2 nitrogen and oxygen atoms in total. The standard InChI is InChI=1S/C11H22N2/c1-5-7-9-11(4)13-12-10(3)8-6-2/h9,13H,5-8H2,1-4H3/b11-9-,12-10+. The first-order valence-electron chi connectivity index (χ1n) is 5.16. The Morgan fingerprint density at radius 3 is 2.46 bits per heavy atom. The summed E-state index contributed by atoms with van der Waals surface area (Å²) in [4.78, 5) is 0. The van der Waals surface area contributed by atoms with Crippen LogP contribution in [0, 0.1) is 0 Å². The number of rotatable bonds is 6. The zero-order chi connectivity index (χ0) is 10.1. The molecule has 0 aliphatic heterocycles. The highest BCUT2D eigenvalue weighted by atomic mass is 15.3. The van der Waals surface area contributed by atoms with E-state index in [1.165, 1.54) is 12.1 Å². The van der Waals surface area contributed by atoms with E-state index >= 15 is 0 Å². The summed E-state index contributed by atoms with van der Waals surface area (Å²) >= 11 is 0. The lowest BCUT2D eigenvalue weighted by Crippen LogP contribution is -2.05. The molecule has 0 spiro atoms. The van der Waals surface area contributed by atoms with Gasteiger partial charge in [0.1, 0.15) is 0 Å². The highest BCUT2D eigenvalue weighted by molar-refractivity contribution is 5.81. The van der Waals surface area contributed by atoms with E-state index in [-0.39, 0.29) is 0 Å². The number of hydrogen-bond donors (Lipinski definition) is 1. The van der Waals surface area contributed by atoms with Gasteiger partial charge in [-0.2, -0.15) is 5.10 Å². The van der Waals surface area contributed by atoms with Crippen molar-refractivity contribution in [1.29, 1.82) is 0 Å². The summed E-state index contributed by atoms with van der Waals surface area (Å²) in [6, 6.07) is 0. The first-order chi connectivity index (χ1) is 6.20. The van der Waals surface area contributed by atoms with Gasteiger partial charge < -0.3 is 0 Å². The Labute approximate surface area is 82.1 Å². The number of hydrogen-bond acceptors (Lipinski definition) is 2. The van der Waals surface area contributed by atoms with Crippen LogP contribution in [0.5, 0.6) is 0 Å². The second kappa shape index (κ2) is 7.84. The molecule has 13 heavy (non-hydrogen) atoms. The maximum absolute atomic E-state index is 4.27. The third-order valence-corrected chi connectivity index (χ3v) is 1.77. The van der Waals surface area contributed by atoms with Gasteiger partial charge in [-0.25, -0.2) is 0 Å². The van der Waals surface area contributed by atoms with Crippen molar-refractivity contribution in [3.05, 3.63) is 11.8 Å². The van der Waals surface area contributed by atoms with Gasteiger partial charge in [0, 0.05) is 11.4 Å². The highest BCUT2D eigenvalue weighted by Crippen LogP contribution is 1.95. The predicted octanol–water partition coefficient (Wildman–Crippen LogP) is 3.46. The molecule has 0 aliphatic rings. The van der Waals surface area contributed by atoms with Crippen molar-refractivity contribution in [3.8, 4) is 0 Å². The molecule has 0 aromatic heterocycles. The molecule has 0 aliphatic carbocycles. The summed E-state index contributed by atoms with van der Waals surface area (Å²) in [5.41, 5.74) is 5.37. The molecule has 76 valence electrons. The van der Waals surface area contributed by atoms with Gasteiger partial charge in [-0.05, 0) is 26.7 Å². The van der Waals surface area contributed by atoms with Crippen LogP contribution in [0.3, 0.4) is 0 Å². The van der Waals surface area contributed by atoms with Gasteiger partial charge in [-0.15, -0.1) is 0 Å². The average Bonchev–Trinajstić information content (AvgIpc) is 2.12. The molecule has 1 N–H and O–H groups in total. The van der Waals surface area contributed by atoms with E-state index in [1.54, 1.807) is 0 Å². The Morgan fingerprint density at radius 2 is 1.92 bits per heavy atom. The van der Waals surface area contributed by atoms with Crippen LogP contribution in [0.15, 0.2) is 16.9 Å². The van der Waals surface area contributed by atoms with E-state index in [9.17, 15) is 0 Å². The normalized spacial score (nSPS) is 13.2. The van der Waals surface area contributed by atoms with Gasteiger partial charge in [0.05, 0.1) is 0 Å². The van der Waals surface area contributed by atoms with E-state index in [0.717, 1.165) is 25.0 Å². The van der Waals surface area contributed by atoms with Crippen molar-refractivity contribution >= 4 is 5.71 Å². The number of unbranched alkanes of at least 4 members (excludes halogenated alkanes) is 1. The lowest BCUT2D eigenvalue weighted by Gasteiger charge is -2.01. The molecule has 0 atom stereocenters. The Bertz CT molecular complexity index is 181. The van der Waals surface area contributed by atoms with Crippen molar-refractivity contribution in [2.45, 2.75) is 53.4 Å². The van der Waals surface area contributed by atoms with Gasteiger partial charge in [-0.3, -0.25) is 5.43 Å². The number of nitrogens with one attached hydrogen (secondary N) is 1. The van der Waals surface area contributed by atoms with Crippen molar-refractivity contribution in [2.75, 3.05) is 0 Å². The Kier molecular flexibility index (Phi) is 7.36. The van der Waals surface area contributed by atoms with E-state index in [2.05, 4.69) is 44.3 Å². The minimum absolute atomic E-state index is 1.08. The van der Waals surface area contributed by atoms with Crippen molar-refractivity contribution < 1.29 is 0 Å². The maximum Gasteiger partial charge on any atom is 0.0351 e. The van der Waals surface area contributed by atoms with E-state index < -0.39 is 0 Å². The van der Waals surface area contributed by atoms with E-state index in [1.807, 2.05) is 0 Å². The van der Waals surface area contributed by atoms with Crippen LogP contribution in [0.1, 0.15) is 53.4 Å². The molecule has 0 aromatic carbocycles. The van der Waals surface area contributed by atoms with Gasteiger partial charge in [0.2, 0.25) is 0 Å².